The van der Waals surface area contributed by atoms with E-state index in [9.17, 15) is 39.7 Å². The van der Waals surface area contributed by atoms with E-state index in [1.54, 1.807) is 34.6 Å². The van der Waals surface area contributed by atoms with Gasteiger partial charge < -0.3 is 45.2 Å². The smallest absolute Gasteiger partial charge is 0.314 e. The number of hydroxylamine groups is 2. The first-order valence-electron chi connectivity index (χ1n) is 17.1. The van der Waals surface area contributed by atoms with Crippen LogP contribution < -0.4 is 15.2 Å². The zero-order valence-corrected chi connectivity index (χ0v) is 29.8. The van der Waals surface area contributed by atoms with Crippen molar-refractivity contribution in [2.45, 2.75) is 121 Å². The number of phenolic OH excluding ortho intramolecular Hbond substituents is 1. The fraction of sp³-hybridized carbons (Fsp3) is 0.568. The van der Waals surface area contributed by atoms with E-state index in [0.29, 0.717) is 0 Å². The molecule has 6 N–H and O–H groups in total. The summed E-state index contributed by atoms with van der Waals surface area (Å²) in [5.74, 6) is -4.67. The maximum atomic E-state index is 14.4. The molecule has 2 aromatic carbocycles. The van der Waals surface area contributed by atoms with Crippen molar-refractivity contribution < 1.29 is 58.7 Å². The van der Waals surface area contributed by atoms with E-state index in [1.165, 1.54) is 37.3 Å². The zero-order valence-electron chi connectivity index (χ0n) is 29.8. The number of phenols is 1. The number of aliphatic hydroxyl groups is 2. The molecule has 2 aliphatic carbocycles. The number of nitrogens with two attached hydrogens (primary N) is 1. The van der Waals surface area contributed by atoms with Crippen molar-refractivity contribution in [3.63, 3.8) is 0 Å². The molecule has 3 unspecified atom stereocenters. The molecule has 2 saturated heterocycles. The van der Waals surface area contributed by atoms with Gasteiger partial charge in [0.1, 0.15) is 22.8 Å². The van der Waals surface area contributed by atoms with Gasteiger partial charge in [0.05, 0.1) is 48.0 Å². The quantitative estimate of drug-likeness (QED) is 0.184. The average Bonchev–Trinajstić information content (AvgIpc) is 3.05. The van der Waals surface area contributed by atoms with Crippen LogP contribution in [0.4, 0.5) is 0 Å². The lowest BCUT2D eigenvalue weighted by molar-refractivity contribution is -0.251. The second-order valence-electron chi connectivity index (χ2n) is 15.6. The van der Waals surface area contributed by atoms with Gasteiger partial charge in [0.25, 0.3) is 0 Å². The number of hydrogen-bond donors (Lipinski definition) is 5. The lowest BCUT2D eigenvalue weighted by Gasteiger charge is -2.50. The summed E-state index contributed by atoms with van der Waals surface area (Å²) in [5.41, 5.74) is 1.22. The summed E-state index contributed by atoms with van der Waals surface area (Å²) in [4.78, 5) is 56.1. The number of esters is 1. The van der Waals surface area contributed by atoms with Crippen molar-refractivity contribution in [1.29, 1.82) is 0 Å². The Hall–Kier alpha value is -3.76. The van der Waals surface area contributed by atoms with Gasteiger partial charge in [0.2, 0.25) is 5.78 Å². The van der Waals surface area contributed by atoms with Crippen LogP contribution in [0.3, 0.4) is 0 Å². The van der Waals surface area contributed by atoms with Crippen LogP contribution in [0.5, 0.6) is 17.2 Å². The second kappa shape index (κ2) is 12.7. The van der Waals surface area contributed by atoms with Crippen LogP contribution >= 0.6 is 0 Å². The third-order valence-electron chi connectivity index (χ3n) is 11.0. The summed E-state index contributed by atoms with van der Waals surface area (Å²) >= 11 is 0. The van der Waals surface area contributed by atoms with Crippen molar-refractivity contribution in [2.75, 3.05) is 7.11 Å². The van der Waals surface area contributed by atoms with Gasteiger partial charge in [-0.05, 0) is 60.5 Å². The van der Waals surface area contributed by atoms with Gasteiger partial charge in [-0.25, -0.2) is 0 Å². The van der Waals surface area contributed by atoms with E-state index in [2.05, 4.69) is 0 Å². The SMILES string of the molecule is COc1cccc2c1C(=O)c1c(O)c3c(c(OC(=O)C4CC(C)(C)N(O)C(C)(C)C4)c1C2=O)C[C@@](O)(C(C)=O)C[C@@H]3OC1CC(N)[C@H](O)C(C)O1. The number of rotatable bonds is 6. The molecule has 0 amide bonds. The Morgan fingerprint density at radius 2 is 1.67 bits per heavy atom. The van der Waals surface area contributed by atoms with Crippen LogP contribution in [0.25, 0.3) is 0 Å². The van der Waals surface area contributed by atoms with E-state index in [4.69, 9.17) is 24.7 Å². The van der Waals surface area contributed by atoms with E-state index in [1.807, 2.05) is 0 Å². The fourth-order valence-electron chi connectivity index (χ4n) is 8.37. The molecule has 0 spiro atoms. The number of carbonyl (C=O) groups excluding carboxylic acids is 4. The third-order valence-corrected chi connectivity index (χ3v) is 11.0. The van der Waals surface area contributed by atoms with Crippen molar-refractivity contribution in [2.24, 2.45) is 11.7 Å². The summed E-state index contributed by atoms with van der Waals surface area (Å²) in [6, 6.07) is 3.70. The first-order chi connectivity index (χ1) is 23.7. The molecular formula is C37H46N2O12. The van der Waals surface area contributed by atoms with Crippen LogP contribution in [-0.2, 0) is 25.5 Å². The highest BCUT2D eigenvalue weighted by atomic mass is 16.7. The number of hydrogen-bond acceptors (Lipinski definition) is 14. The Balaban J connectivity index is 1.56. The maximum absolute atomic E-state index is 14.4. The molecular weight excluding hydrogens is 664 g/mol. The van der Waals surface area contributed by atoms with Crippen molar-refractivity contribution in [3.8, 4) is 17.2 Å². The standard InChI is InChI=1S/C37H46N2O12/c1-16-29(41)21(38)11-24(49-16)50-23-15-37(46,17(2)40)14-20-26(23)32(44)27-28(30(42)19-9-8-10-22(48-7)25(19)31(27)43)33(20)51-34(45)18-12-35(3,4)39(47)36(5,6)13-18/h8-10,16,18,21,23-24,29,41,44,46-47H,11-15,38H2,1-7H3/t16?,21?,23-,24?,29+,37-/m0/s1. The minimum Gasteiger partial charge on any atom is -0.507 e. The van der Waals surface area contributed by atoms with Crippen molar-refractivity contribution >= 4 is 23.3 Å². The first-order valence-corrected chi connectivity index (χ1v) is 17.1. The number of carbonyl (C=O) groups is 4. The average molecular weight is 711 g/mol. The van der Waals surface area contributed by atoms with Gasteiger partial charge in [-0.2, -0.15) is 5.06 Å². The van der Waals surface area contributed by atoms with E-state index >= 15 is 0 Å². The number of fused-ring (bicyclic) bond motifs is 3. The van der Waals surface area contributed by atoms with E-state index < -0.39 is 99.9 Å². The Morgan fingerprint density at radius 3 is 2.25 bits per heavy atom. The van der Waals surface area contributed by atoms with Gasteiger partial charge in [-0.1, -0.05) is 12.1 Å². The van der Waals surface area contributed by atoms with E-state index in [-0.39, 0.29) is 59.4 Å². The molecule has 51 heavy (non-hydrogen) atoms. The van der Waals surface area contributed by atoms with E-state index in [0.717, 1.165) is 0 Å². The van der Waals surface area contributed by atoms with Crippen LogP contribution in [0.1, 0.15) is 116 Å². The molecule has 2 heterocycles. The number of Topliss-reactive ketones (excluding diaryl/α,β-unsaturated/α-hetero) is 1. The normalized spacial score (nSPS) is 30.2. The minimum absolute atomic E-state index is 0.0144. The number of benzene rings is 2. The third kappa shape index (κ3) is 6.06. The Kier molecular flexibility index (Phi) is 9.23. The predicted molar refractivity (Wildman–Crippen MR) is 179 cm³/mol. The number of nitrogens with zero attached hydrogens (tertiary/aromatic N) is 1. The monoisotopic (exact) mass is 710 g/mol. The summed E-state index contributed by atoms with van der Waals surface area (Å²) in [6.45, 7) is 9.89. The highest BCUT2D eigenvalue weighted by Crippen LogP contribution is 2.53. The fourth-order valence-corrected chi connectivity index (χ4v) is 8.37. The molecule has 0 bridgehead atoms. The molecule has 6 atom stereocenters. The van der Waals surface area contributed by atoms with Crippen LogP contribution in [0, 0.1) is 5.92 Å². The second-order valence-corrected chi connectivity index (χ2v) is 15.6. The minimum atomic E-state index is -2.11. The Morgan fingerprint density at radius 1 is 1.02 bits per heavy atom. The van der Waals surface area contributed by atoms with Gasteiger partial charge in [-0.3, -0.25) is 19.2 Å². The van der Waals surface area contributed by atoms with Crippen LogP contribution in [-0.4, -0.2) is 97.2 Å². The van der Waals surface area contributed by atoms with Gasteiger partial charge in [0.15, 0.2) is 17.9 Å². The lowest BCUT2D eigenvalue weighted by atomic mass is 9.72. The molecule has 2 aromatic rings. The zero-order chi connectivity index (χ0) is 37.5. The maximum Gasteiger partial charge on any atom is 0.314 e. The largest absolute Gasteiger partial charge is 0.507 e. The number of aliphatic hydroxyl groups excluding tert-OH is 1. The van der Waals surface area contributed by atoms with Crippen LogP contribution in [0.15, 0.2) is 18.2 Å². The summed E-state index contributed by atoms with van der Waals surface area (Å²) < 4.78 is 23.7. The molecule has 2 aliphatic heterocycles. The lowest BCUT2D eigenvalue weighted by Crippen LogP contribution is -2.60. The summed E-state index contributed by atoms with van der Waals surface area (Å²) in [6.07, 6.45) is -4.65. The molecule has 2 fully saturated rings. The van der Waals surface area contributed by atoms with Crippen LogP contribution in [0.2, 0.25) is 0 Å². The Bertz CT molecular complexity index is 1790. The number of piperidine rings is 1. The molecule has 0 saturated carbocycles. The molecule has 14 heteroatoms. The number of methoxy groups -OCH3 is 1. The molecule has 0 aromatic heterocycles. The Labute approximate surface area is 295 Å². The summed E-state index contributed by atoms with van der Waals surface area (Å²) in [7, 11) is 1.34. The van der Waals surface area contributed by atoms with Crippen molar-refractivity contribution in [3.05, 3.63) is 51.6 Å². The highest BCUT2D eigenvalue weighted by Gasteiger charge is 2.52. The number of aromatic hydroxyl groups is 1. The molecule has 0 radical (unpaired) electrons. The number of ether oxygens (including phenoxy) is 4. The molecule has 6 rings (SSSR count). The predicted octanol–water partition coefficient (Wildman–Crippen LogP) is 2.89. The molecule has 276 valence electrons. The van der Waals surface area contributed by atoms with Gasteiger partial charge >= 0.3 is 5.97 Å². The molecule has 4 aliphatic rings. The topological polar surface area (TPSA) is 215 Å². The molecule has 14 nitrogen and oxygen atoms in total. The van der Waals surface area contributed by atoms with Crippen molar-refractivity contribution in [1.82, 2.24) is 5.06 Å². The highest BCUT2D eigenvalue weighted by molar-refractivity contribution is 6.31. The first kappa shape index (κ1) is 37.0. The number of ketones is 3. The summed E-state index contributed by atoms with van der Waals surface area (Å²) in [5, 5.41) is 46.3. The van der Waals surface area contributed by atoms with Gasteiger partial charge in [0, 0.05) is 53.1 Å². The van der Waals surface area contributed by atoms with Gasteiger partial charge in [-0.15, -0.1) is 0 Å².